The van der Waals surface area contributed by atoms with Crippen LogP contribution >= 0.6 is 0 Å². The summed E-state index contributed by atoms with van der Waals surface area (Å²) in [6, 6.07) is 7.87. The van der Waals surface area contributed by atoms with Crippen molar-refractivity contribution in [1.82, 2.24) is 0 Å². The zero-order chi connectivity index (χ0) is 21.6. The SMILES string of the molecule is COc1ccc(S(=O)(=O)N2c3ccc(S(N)(=O)=O)cc3CC2C)cc1NC(C)=O. The number of primary sulfonamides is 1. The summed E-state index contributed by atoms with van der Waals surface area (Å²) >= 11 is 0. The summed E-state index contributed by atoms with van der Waals surface area (Å²) in [5.41, 5.74) is 1.20. The first kappa shape index (κ1) is 21.1. The van der Waals surface area contributed by atoms with Gasteiger partial charge in [0.05, 0.1) is 28.3 Å². The van der Waals surface area contributed by atoms with Gasteiger partial charge in [-0.05, 0) is 55.3 Å². The lowest BCUT2D eigenvalue weighted by atomic mass is 10.1. The van der Waals surface area contributed by atoms with Crippen LogP contribution in [0.25, 0.3) is 0 Å². The number of hydrogen-bond donors (Lipinski definition) is 2. The smallest absolute Gasteiger partial charge is 0.264 e. The highest BCUT2D eigenvalue weighted by Crippen LogP contribution is 2.39. The van der Waals surface area contributed by atoms with Crippen LogP contribution in [0, 0.1) is 0 Å². The van der Waals surface area contributed by atoms with E-state index in [1.807, 2.05) is 0 Å². The number of rotatable bonds is 5. The topological polar surface area (TPSA) is 136 Å². The predicted molar refractivity (Wildman–Crippen MR) is 108 cm³/mol. The van der Waals surface area contributed by atoms with Gasteiger partial charge in [-0.1, -0.05) is 0 Å². The molecule has 9 nitrogen and oxygen atoms in total. The Morgan fingerprint density at radius 1 is 1.14 bits per heavy atom. The summed E-state index contributed by atoms with van der Waals surface area (Å²) in [6.07, 6.45) is 0.340. The summed E-state index contributed by atoms with van der Waals surface area (Å²) in [5.74, 6) is -0.0416. The van der Waals surface area contributed by atoms with E-state index < -0.39 is 26.1 Å². The lowest BCUT2D eigenvalue weighted by Gasteiger charge is -2.25. The van der Waals surface area contributed by atoms with Gasteiger partial charge in [-0.25, -0.2) is 22.0 Å². The van der Waals surface area contributed by atoms with Crippen LogP contribution in [0.3, 0.4) is 0 Å². The summed E-state index contributed by atoms with van der Waals surface area (Å²) in [7, 11) is -6.47. The van der Waals surface area contributed by atoms with E-state index in [4.69, 9.17) is 9.88 Å². The van der Waals surface area contributed by atoms with Crippen molar-refractivity contribution in [1.29, 1.82) is 0 Å². The van der Waals surface area contributed by atoms with Crippen molar-refractivity contribution >= 4 is 37.3 Å². The molecule has 2 aromatic carbocycles. The monoisotopic (exact) mass is 439 g/mol. The first-order chi connectivity index (χ1) is 13.4. The van der Waals surface area contributed by atoms with Gasteiger partial charge >= 0.3 is 0 Å². The van der Waals surface area contributed by atoms with Crippen molar-refractivity contribution in [2.45, 2.75) is 36.1 Å². The van der Waals surface area contributed by atoms with Crippen LogP contribution in [0.2, 0.25) is 0 Å². The Labute approximate surface area is 169 Å². The van der Waals surface area contributed by atoms with Crippen molar-refractivity contribution in [2.24, 2.45) is 5.14 Å². The highest BCUT2D eigenvalue weighted by molar-refractivity contribution is 7.93. The zero-order valence-corrected chi connectivity index (χ0v) is 17.7. The number of benzene rings is 2. The molecule has 1 aliphatic rings. The molecule has 0 aromatic heterocycles. The van der Waals surface area contributed by atoms with E-state index in [1.165, 1.54) is 54.7 Å². The standard InChI is InChI=1S/C18H21N3O6S2/c1-11-8-13-9-14(28(19,23)24)4-6-17(13)21(11)29(25,26)15-5-7-18(27-3)16(10-15)20-12(2)22/h4-7,9-11H,8H2,1-3H3,(H,20,22)(H2,19,23,24). The van der Waals surface area contributed by atoms with Gasteiger partial charge in [-0.15, -0.1) is 0 Å². The van der Waals surface area contributed by atoms with E-state index >= 15 is 0 Å². The summed E-state index contributed by atoms with van der Waals surface area (Å²) in [5, 5.41) is 7.73. The van der Waals surface area contributed by atoms with Crippen molar-refractivity contribution < 1.29 is 26.4 Å². The predicted octanol–water partition coefficient (Wildman–Crippen LogP) is 1.44. The first-order valence-electron chi connectivity index (χ1n) is 8.61. The molecule has 0 saturated carbocycles. The average Bonchev–Trinajstić information content (AvgIpc) is 2.95. The van der Waals surface area contributed by atoms with Crippen molar-refractivity contribution in [3.63, 3.8) is 0 Å². The third-order valence-corrected chi connectivity index (χ3v) is 7.41. The number of nitrogens with one attached hydrogen (secondary N) is 1. The number of amides is 1. The minimum Gasteiger partial charge on any atom is -0.495 e. The molecule has 156 valence electrons. The molecule has 3 N–H and O–H groups in total. The van der Waals surface area contributed by atoms with E-state index in [0.29, 0.717) is 23.4 Å². The number of ether oxygens (including phenoxy) is 1. The lowest BCUT2D eigenvalue weighted by molar-refractivity contribution is -0.114. The number of anilines is 2. The normalized spacial score (nSPS) is 16.4. The number of hydrogen-bond acceptors (Lipinski definition) is 6. The van der Waals surface area contributed by atoms with Crippen LogP contribution in [-0.4, -0.2) is 35.9 Å². The van der Waals surface area contributed by atoms with Gasteiger partial charge in [-0.3, -0.25) is 9.10 Å². The number of carbonyl (C=O) groups excluding carboxylic acids is 1. The maximum atomic E-state index is 13.4. The van der Waals surface area contributed by atoms with Crippen LogP contribution in [0.4, 0.5) is 11.4 Å². The minimum atomic E-state index is -3.99. The highest BCUT2D eigenvalue weighted by Gasteiger charge is 2.37. The molecule has 0 aliphatic carbocycles. The number of fused-ring (bicyclic) bond motifs is 1. The molecule has 3 rings (SSSR count). The van der Waals surface area contributed by atoms with Gasteiger partial charge in [0.25, 0.3) is 10.0 Å². The lowest BCUT2D eigenvalue weighted by Crippen LogP contribution is -2.35. The van der Waals surface area contributed by atoms with E-state index in [-0.39, 0.29) is 21.4 Å². The second-order valence-electron chi connectivity index (χ2n) is 6.73. The van der Waals surface area contributed by atoms with E-state index in [9.17, 15) is 21.6 Å². The molecule has 0 fully saturated rings. The Morgan fingerprint density at radius 2 is 1.79 bits per heavy atom. The van der Waals surface area contributed by atoms with Gasteiger partial charge in [-0.2, -0.15) is 0 Å². The fraction of sp³-hybridized carbons (Fsp3) is 0.278. The van der Waals surface area contributed by atoms with E-state index in [2.05, 4.69) is 5.32 Å². The van der Waals surface area contributed by atoms with Gasteiger partial charge < -0.3 is 10.1 Å². The molecule has 0 radical (unpaired) electrons. The van der Waals surface area contributed by atoms with E-state index in [1.54, 1.807) is 6.92 Å². The van der Waals surface area contributed by atoms with Crippen LogP contribution < -0.4 is 19.5 Å². The molecule has 0 saturated heterocycles. The Hall–Kier alpha value is -2.63. The molecule has 1 amide bonds. The molecule has 0 spiro atoms. The van der Waals surface area contributed by atoms with Crippen molar-refractivity contribution in [3.05, 3.63) is 42.0 Å². The zero-order valence-electron chi connectivity index (χ0n) is 16.0. The van der Waals surface area contributed by atoms with Gasteiger partial charge in [0, 0.05) is 13.0 Å². The van der Waals surface area contributed by atoms with E-state index in [0.717, 1.165) is 0 Å². The molecule has 2 aromatic rings. The summed E-state index contributed by atoms with van der Waals surface area (Å²) < 4.78 is 56.3. The van der Waals surface area contributed by atoms with Gasteiger partial charge in [0.15, 0.2) is 0 Å². The summed E-state index contributed by atoms with van der Waals surface area (Å²) in [4.78, 5) is 11.3. The minimum absolute atomic E-state index is 0.0303. The first-order valence-corrected chi connectivity index (χ1v) is 11.6. The number of nitrogens with two attached hydrogens (primary N) is 1. The third kappa shape index (κ3) is 3.93. The molecule has 1 heterocycles. The fourth-order valence-electron chi connectivity index (χ4n) is 3.37. The Balaban J connectivity index is 2.09. The molecule has 1 aliphatic heterocycles. The van der Waals surface area contributed by atoms with Gasteiger partial charge in [0.1, 0.15) is 5.75 Å². The third-order valence-electron chi connectivity index (χ3n) is 4.57. The van der Waals surface area contributed by atoms with Crippen molar-refractivity contribution in [2.75, 3.05) is 16.7 Å². The fourth-order valence-corrected chi connectivity index (χ4v) is 5.65. The Bertz CT molecular complexity index is 1190. The quantitative estimate of drug-likeness (QED) is 0.723. The molecule has 11 heteroatoms. The number of methoxy groups -OCH3 is 1. The van der Waals surface area contributed by atoms with Crippen LogP contribution in [0.5, 0.6) is 5.75 Å². The number of nitrogens with zero attached hydrogens (tertiary/aromatic N) is 1. The second-order valence-corrected chi connectivity index (χ2v) is 10.1. The number of carbonyl (C=O) groups is 1. The molecule has 29 heavy (non-hydrogen) atoms. The van der Waals surface area contributed by atoms with Crippen molar-refractivity contribution in [3.8, 4) is 5.75 Å². The molecular weight excluding hydrogens is 418 g/mol. The average molecular weight is 440 g/mol. The molecule has 1 unspecified atom stereocenters. The summed E-state index contributed by atoms with van der Waals surface area (Å²) in [6.45, 7) is 3.04. The largest absolute Gasteiger partial charge is 0.495 e. The highest BCUT2D eigenvalue weighted by atomic mass is 32.2. The Kier molecular flexibility index (Phi) is 5.32. The molecular formula is C18H21N3O6S2. The van der Waals surface area contributed by atoms with Crippen LogP contribution in [0.15, 0.2) is 46.2 Å². The molecule has 1 atom stereocenters. The van der Waals surface area contributed by atoms with Gasteiger partial charge in [0.2, 0.25) is 15.9 Å². The van der Waals surface area contributed by atoms with Crippen LogP contribution in [0.1, 0.15) is 19.4 Å². The Morgan fingerprint density at radius 3 is 2.38 bits per heavy atom. The second kappa shape index (κ2) is 7.32. The molecule has 0 bridgehead atoms. The maximum Gasteiger partial charge on any atom is 0.264 e. The maximum absolute atomic E-state index is 13.4. The van der Waals surface area contributed by atoms with Crippen LogP contribution in [-0.2, 0) is 31.3 Å². The number of sulfonamides is 2.